The fourth-order valence-corrected chi connectivity index (χ4v) is 3.25. The number of carbonyl (C=O) groups is 2. The predicted molar refractivity (Wildman–Crippen MR) is 105 cm³/mol. The van der Waals surface area contributed by atoms with Crippen LogP contribution in [0, 0.1) is 6.92 Å². The molecule has 0 fully saturated rings. The van der Waals surface area contributed by atoms with Crippen molar-refractivity contribution in [2.24, 2.45) is 0 Å². The van der Waals surface area contributed by atoms with Gasteiger partial charge in [-0.1, -0.05) is 6.07 Å². The third kappa shape index (κ3) is 4.47. The number of carbonyl (C=O) groups excluding carboxylic acids is 2. The van der Waals surface area contributed by atoms with Crippen LogP contribution in [-0.4, -0.2) is 31.9 Å². The number of hydrogen-bond acceptors (Lipinski definition) is 5. The number of sulfone groups is 1. The lowest BCUT2D eigenvalue weighted by molar-refractivity contribution is 0.102. The van der Waals surface area contributed by atoms with Crippen molar-refractivity contribution >= 4 is 27.7 Å². The summed E-state index contributed by atoms with van der Waals surface area (Å²) in [5.74, 6) is 0.546. The molecule has 1 aromatic heterocycles. The number of benzene rings is 2. The second-order valence-corrected chi connectivity index (χ2v) is 8.22. The van der Waals surface area contributed by atoms with Crippen LogP contribution >= 0.6 is 0 Å². The van der Waals surface area contributed by atoms with Gasteiger partial charge in [-0.3, -0.25) is 9.59 Å². The van der Waals surface area contributed by atoms with Crippen molar-refractivity contribution in [2.75, 3.05) is 11.6 Å². The molecule has 0 spiro atoms. The number of hydrogen-bond donors (Lipinski definition) is 2. The van der Waals surface area contributed by atoms with Gasteiger partial charge in [0.15, 0.2) is 16.1 Å². The number of amides is 1. The van der Waals surface area contributed by atoms with Gasteiger partial charge in [0.05, 0.1) is 16.2 Å². The van der Waals surface area contributed by atoms with E-state index >= 15 is 0 Å². The Morgan fingerprint density at radius 1 is 1.07 bits per heavy atom. The van der Waals surface area contributed by atoms with E-state index in [0.717, 1.165) is 6.26 Å². The molecule has 1 amide bonds. The molecule has 7 nitrogen and oxygen atoms in total. The number of H-pyrrole nitrogens is 1. The molecule has 2 N–H and O–H groups in total. The maximum Gasteiger partial charge on any atom is 0.257 e. The Morgan fingerprint density at radius 3 is 2.39 bits per heavy atom. The Morgan fingerprint density at radius 2 is 1.79 bits per heavy atom. The summed E-state index contributed by atoms with van der Waals surface area (Å²) in [5.41, 5.74) is 1.88. The average Bonchev–Trinajstić information content (AvgIpc) is 3.04. The lowest BCUT2D eigenvalue weighted by atomic mass is 10.2. The Hall–Kier alpha value is -3.39. The van der Waals surface area contributed by atoms with Crippen molar-refractivity contribution in [1.29, 1.82) is 0 Å². The van der Waals surface area contributed by atoms with Gasteiger partial charge in [-0.2, -0.15) is 0 Å². The van der Waals surface area contributed by atoms with Gasteiger partial charge in [-0.15, -0.1) is 0 Å². The normalized spacial score (nSPS) is 11.1. The molecular formula is C20H18N2O5S. The molecule has 0 radical (unpaired) electrons. The minimum atomic E-state index is -3.32. The van der Waals surface area contributed by atoms with E-state index in [2.05, 4.69) is 10.3 Å². The highest BCUT2D eigenvalue weighted by Crippen LogP contribution is 2.25. The monoisotopic (exact) mass is 398 g/mol. The van der Waals surface area contributed by atoms with E-state index in [-0.39, 0.29) is 10.8 Å². The molecule has 0 aliphatic heterocycles. The predicted octanol–water partition coefficient (Wildman–Crippen LogP) is 3.58. The highest BCUT2D eigenvalue weighted by atomic mass is 32.2. The quantitative estimate of drug-likeness (QED) is 0.618. The standard InChI is InChI=1S/C20H18N2O5S/c1-13-19(10-15(12-23)21-13)20(24)22-14-6-8-16(9-7-14)27-17-4-3-5-18(11-17)28(2,25)26/h3-12,21H,1-2H3,(H,22,24). The van der Waals surface area contributed by atoms with Crippen LogP contribution < -0.4 is 10.1 Å². The fourth-order valence-electron chi connectivity index (χ4n) is 2.59. The highest BCUT2D eigenvalue weighted by molar-refractivity contribution is 7.90. The molecule has 0 aliphatic carbocycles. The minimum absolute atomic E-state index is 0.172. The van der Waals surface area contributed by atoms with Gasteiger partial charge < -0.3 is 15.0 Å². The van der Waals surface area contributed by atoms with E-state index in [0.29, 0.717) is 40.4 Å². The van der Waals surface area contributed by atoms with Crippen molar-refractivity contribution in [3.05, 3.63) is 71.5 Å². The molecular weight excluding hydrogens is 380 g/mol. The van der Waals surface area contributed by atoms with Gasteiger partial charge >= 0.3 is 0 Å². The number of nitrogens with one attached hydrogen (secondary N) is 2. The van der Waals surface area contributed by atoms with E-state index in [9.17, 15) is 18.0 Å². The van der Waals surface area contributed by atoms with E-state index < -0.39 is 9.84 Å². The van der Waals surface area contributed by atoms with Crippen LogP contribution in [0.15, 0.2) is 59.5 Å². The highest BCUT2D eigenvalue weighted by Gasteiger charge is 2.13. The van der Waals surface area contributed by atoms with E-state index in [1.165, 1.54) is 18.2 Å². The first-order chi connectivity index (χ1) is 13.3. The smallest absolute Gasteiger partial charge is 0.257 e. The summed E-state index contributed by atoms with van der Waals surface area (Å²) in [7, 11) is -3.32. The molecule has 0 bridgehead atoms. The number of aldehydes is 1. The summed E-state index contributed by atoms with van der Waals surface area (Å²) >= 11 is 0. The first-order valence-corrected chi connectivity index (χ1v) is 10.2. The molecule has 0 saturated heterocycles. The van der Waals surface area contributed by atoms with Crippen LogP contribution in [0.25, 0.3) is 0 Å². The zero-order chi connectivity index (χ0) is 20.3. The number of rotatable bonds is 6. The Balaban J connectivity index is 1.71. The summed E-state index contributed by atoms with van der Waals surface area (Å²) in [5, 5.41) is 2.75. The summed E-state index contributed by atoms with van der Waals surface area (Å²) < 4.78 is 28.9. The molecule has 0 aliphatic rings. The average molecular weight is 398 g/mol. The Bertz CT molecular complexity index is 1130. The second-order valence-electron chi connectivity index (χ2n) is 6.21. The van der Waals surface area contributed by atoms with Gasteiger partial charge in [-0.05, 0) is 55.5 Å². The van der Waals surface area contributed by atoms with Crippen LogP contribution in [-0.2, 0) is 9.84 Å². The summed E-state index contributed by atoms with van der Waals surface area (Å²) in [4.78, 5) is 26.1. The minimum Gasteiger partial charge on any atom is -0.457 e. The fraction of sp³-hybridized carbons (Fsp3) is 0.100. The lowest BCUT2D eigenvalue weighted by Gasteiger charge is -2.09. The van der Waals surface area contributed by atoms with Crippen molar-refractivity contribution in [3.63, 3.8) is 0 Å². The van der Waals surface area contributed by atoms with Gasteiger partial charge in [0.25, 0.3) is 5.91 Å². The molecule has 0 saturated carbocycles. The maximum absolute atomic E-state index is 12.3. The van der Waals surface area contributed by atoms with Gasteiger partial charge in [0, 0.05) is 17.6 Å². The molecule has 0 atom stereocenters. The number of ether oxygens (including phenoxy) is 1. The molecule has 2 aromatic carbocycles. The molecule has 0 unspecified atom stereocenters. The lowest BCUT2D eigenvalue weighted by Crippen LogP contribution is -2.12. The topological polar surface area (TPSA) is 105 Å². The molecule has 8 heteroatoms. The zero-order valence-electron chi connectivity index (χ0n) is 15.2. The van der Waals surface area contributed by atoms with Crippen molar-refractivity contribution in [3.8, 4) is 11.5 Å². The van der Waals surface area contributed by atoms with E-state index in [4.69, 9.17) is 4.74 Å². The van der Waals surface area contributed by atoms with Crippen LogP contribution in [0.3, 0.4) is 0 Å². The third-order valence-electron chi connectivity index (χ3n) is 3.99. The largest absolute Gasteiger partial charge is 0.457 e. The first kappa shape index (κ1) is 19.4. The van der Waals surface area contributed by atoms with Crippen LogP contribution in [0.2, 0.25) is 0 Å². The molecule has 3 aromatic rings. The molecule has 144 valence electrons. The van der Waals surface area contributed by atoms with Crippen LogP contribution in [0.1, 0.15) is 26.5 Å². The number of aryl methyl sites for hydroxylation is 1. The van der Waals surface area contributed by atoms with Gasteiger partial charge in [-0.25, -0.2) is 8.42 Å². The number of anilines is 1. The summed E-state index contributed by atoms with van der Waals surface area (Å²) in [6.07, 6.45) is 1.78. The second kappa shape index (κ2) is 7.69. The van der Waals surface area contributed by atoms with Crippen molar-refractivity contribution < 1.29 is 22.7 Å². The first-order valence-electron chi connectivity index (χ1n) is 8.30. The van der Waals surface area contributed by atoms with E-state index in [1.54, 1.807) is 43.3 Å². The molecule has 28 heavy (non-hydrogen) atoms. The zero-order valence-corrected chi connectivity index (χ0v) is 16.0. The molecule has 1 heterocycles. The molecule has 3 rings (SSSR count). The number of aromatic nitrogens is 1. The van der Waals surface area contributed by atoms with Crippen LogP contribution in [0.4, 0.5) is 5.69 Å². The number of aromatic amines is 1. The van der Waals surface area contributed by atoms with Gasteiger partial charge in [0.1, 0.15) is 11.5 Å². The van der Waals surface area contributed by atoms with Crippen molar-refractivity contribution in [2.45, 2.75) is 11.8 Å². The van der Waals surface area contributed by atoms with E-state index in [1.807, 2.05) is 0 Å². The summed E-state index contributed by atoms with van der Waals surface area (Å²) in [6.45, 7) is 1.71. The SMILES string of the molecule is Cc1[nH]c(C=O)cc1C(=O)Nc1ccc(Oc2cccc(S(C)(=O)=O)c2)cc1. The third-order valence-corrected chi connectivity index (χ3v) is 5.10. The van der Waals surface area contributed by atoms with Gasteiger partial charge in [0.2, 0.25) is 0 Å². The van der Waals surface area contributed by atoms with Crippen molar-refractivity contribution in [1.82, 2.24) is 4.98 Å². The summed E-state index contributed by atoms with van der Waals surface area (Å²) in [6, 6.07) is 14.3. The Kier molecular flexibility index (Phi) is 5.32. The maximum atomic E-state index is 12.3. The van der Waals surface area contributed by atoms with Crippen LogP contribution in [0.5, 0.6) is 11.5 Å². The Labute approximate surface area is 162 Å².